The Kier molecular flexibility index (Phi) is 5.47. The van der Waals surface area contributed by atoms with Crippen LogP contribution in [-0.2, 0) is 4.79 Å². The normalized spacial score (nSPS) is 11.4. The highest BCUT2D eigenvalue weighted by atomic mass is 16.2. The zero-order chi connectivity index (χ0) is 8.69. The van der Waals surface area contributed by atoms with E-state index in [0.29, 0.717) is 0 Å². The molecule has 0 rings (SSSR count). The van der Waals surface area contributed by atoms with Crippen LogP contribution in [0.2, 0.25) is 0 Å². The molecule has 64 valence electrons. The van der Waals surface area contributed by atoms with Gasteiger partial charge in [-0.3, -0.25) is 10.2 Å². The SMILES string of the molecule is CC/C=C(\CC)C(=O)NNC. The number of carbonyl (C=O) groups is 1. The molecule has 0 saturated carbocycles. The first-order valence-corrected chi connectivity index (χ1v) is 3.92. The maximum absolute atomic E-state index is 11.1. The molecule has 0 aromatic carbocycles. The monoisotopic (exact) mass is 156 g/mol. The van der Waals surface area contributed by atoms with Gasteiger partial charge in [-0.15, -0.1) is 0 Å². The third-order valence-corrected chi connectivity index (χ3v) is 1.36. The summed E-state index contributed by atoms with van der Waals surface area (Å²) in [5.41, 5.74) is 5.96. The summed E-state index contributed by atoms with van der Waals surface area (Å²) in [5, 5.41) is 0. The van der Waals surface area contributed by atoms with Crippen molar-refractivity contribution < 1.29 is 4.79 Å². The summed E-state index contributed by atoms with van der Waals surface area (Å²) < 4.78 is 0. The molecule has 0 spiro atoms. The van der Waals surface area contributed by atoms with E-state index in [9.17, 15) is 4.79 Å². The molecule has 0 bridgehead atoms. The van der Waals surface area contributed by atoms with Crippen LogP contribution in [0.25, 0.3) is 0 Å². The molecule has 3 heteroatoms. The second-order valence-electron chi connectivity index (χ2n) is 2.20. The minimum Gasteiger partial charge on any atom is -0.288 e. The molecule has 3 nitrogen and oxygen atoms in total. The Morgan fingerprint density at radius 1 is 1.45 bits per heavy atom. The Labute approximate surface area is 67.8 Å². The number of hydrogen-bond donors (Lipinski definition) is 2. The maximum Gasteiger partial charge on any atom is 0.260 e. The van der Waals surface area contributed by atoms with Crippen LogP contribution in [0.1, 0.15) is 26.7 Å². The maximum atomic E-state index is 11.1. The van der Waals surface area contributed by atoms with Gasteiger partial charge in [0.05, 0.1) is 0 Å². The molecular weight excluding hydrogens is 140 g/mol. The molecule has 0 atom stereocenters. The second kappa shape index (κ2) is 5.92. The Morgan fingerprint density at radius 3 is 2.45 bits per heavy atom. The average Bonchev–Trinajstić information content (AvgIpc) is 2.00. The van der Waals surface area contributed by atoms with E-state index < -0.39 is 0 Å². The van der Waals surface area contributed by atoms with Crippen molar-refractivity contribution >= 4 is 5.91 Å². The molecule has 0 aromatic rings. The highest BCUT2D eigenvalue weighted by Gasteiger charge is 2.03. The van der Waals surface area contributed by atoms with Crippen molar-refractivity contribution in [3.8, 4) is 0 Å². The number of allylic oxidation sites excluding steroid dienone is 1. The predicted octanol–water partition coefficient (Wildman–Crippen LogP) is 0.983. The largest absolute Gasteiger partial charge is 0.288 e. The number of rotatable bonds is 4. The lowest BCUT2D eigenvalue weighted by molar-refractivity contribution is -0.118. The van der Waals surface area contributed by atoms with Crippen LogP contribution in [0.5, 0.6) is 0 Å². The topological polar surface area (TPSA) is 41.1 Å². The molecule has 0 fully saturated rings. The third kappa shape index (κ3) is 3.78. The van der Waals surface area contributed by atoms with Crippen LogP contribution in [0.4, 0.5) is 0 Å². The van der Waals surface area contributed by atoms with Gasteiger partial charge in [-0.25, -0.2) is 5.43 Å². The number of hydrazine groups is 1. The van der Waals surface area contributed by atoms with Crippen molar-refractivity contribution in [2.45, 2.75) is 26.7 Å². The van der Waals surface area contributed by atoms with Gasteiger partial charge in [-0.05, 0) is 12.8 Å². The van der Waals surface area contributed by atoms with Gasteiger partial charge in [-0.2, -0.15) is 0 Å². The first kappa shape index (κ1) is 10.2. The lowest BCUT2D eigenvalue weighted by Crippen LogP contribution is -2.35. The Hall–Kier alpha value is -0.830. The van der Waals surface area contributed by atoms with E-state index in [1.165, 1.54) is 0 Å². The van der Waals surface area contributed by atoms with Crippen molar-refractivity contribution in [3.05, 3.63) is 11.6 Å². The highest BCUT2D eigenvalue weighted by Crippen LogP contribution is 2.00. The molecule has 1 amide bonds. The van der Waals surface area contributed by atoms with E-state index in [2.05, 4.69) is 10.9 Å². The fourth-order valence-corrected chi connectivity index (χ4v) is 0.838. The van der Waals surface area contributed by atoms with Crippen molar-refractivity contribution in [1.82, 2.24) is 10.9 Å². The molecule has 0 unspecified atom stereocenters. The zero-order valence-electron chi connectivity index (χ0n) is 7.40. The van der Waals surface area contributed by atoms with E-state index in [4.69, 9.17) is 0 Å². The number of carbonyl (C=O) groups excluding carboxylic acids is 1. The fourth-order valence-electron chi connectivity index (χ4n) is 0.838. The minimum absolute atomic E-state index is 0.0307. The molecule has 2 N–H and O–H groups in total. The minimum atomic E-state index is -0.0307. The molecule has 0 radical (unpaired) electrons. The van der Waals surface area contributed by atoms with E-state index in [-0.39, 0.29) is 5.91 Å². The number of hydrogen-bond acceptors (Lipinski definition) is 2. The van der Waals surface area contributed by atoms with Gasteiger partial charge in [-0.1, -0.05) is 19.9 Å². The van der Waals surface area contributed by atoms with E-state index >= 15 is 0 Å². The zero-order valence-corrected chi connectivity index (χ0v) is 7.40. The van der Waals surface area contributed by atoms with Gasteiger partial charge in [0, 0.05) is 12.6 Å². The molecule has 0 aliphatic rings. The average molecular weight is 156 g/mol. The van der Waals surface area contributed by atoms with Gasteiger partial charge >= 0.3 is 0 Å². The van der Waals surface area contributed by atoms with Gasteiger partial charge in [0.15, 0.2) is 0 Å². The first-order chi connectivity index (χ1) is 5.26. The summed E-state index contributed by atoms with van der Waals surface area (Å²) in [6, 6.07) is 0. The predicted molar refractivity (Wildman–Crippen MR) is 45.9 cm³/mol. The highest BCUT2D eigenvalue weighted by molar-refractivity contribution is 5.92. The fraction of sp³-hybridized carbons (Fsp3) is 0.625. The number of amides is 1. The van der Waals surface area contributed by atoms with Gasteiger partial charge in [0.25, 0.3) is 5.91 Å². The van der Waals surface area contributed by atoms with Gasteiger partial charge in [0.2, 0.25) is 0 Å². The van der Waals surface area contributed by atoms with E-state index in [0.717, 1.165) is 18.4 Å². The molecule has 11 heavy (non-hydrogen) atoms. The van der Waals surface area contributed by atoms with Crippen LogP contribution in [-0.4, -0.2) is 13.0 Å². The van der Waals surface area contributed by atoms with E-state index in [1.807, 2.05) is 19.9 Å². The van der Waals surface area contributed by atoms with Crippen molar-refractivity contribution in [2.24, 2.45) is 0 Å². The van der Waals surface area contributed by atoms with Gasteiger partial charge < -0.3 is 0 Å². The van der Waals surface area contributed by atoms with Crippen LogP contribution in [0.3, 0.4) is 0 Å². The summed E-state index contributed by atoms with van der Waals surface area (Å²) in [5.74, 6) is -0.0307. The molecule has 0 aromatic heterocycles. The molecule has 0 aliphatic heterocycles. The summed E-state index contributed by atoms with van der Waals surface area (Å²) in [6.45, 7) is 3.99. The molecule has 0 aliphatic carbocycles. The number of nitrogens with one attached hydrogen (secondary N) is 2. The van der Waals surface area contributed by atoms with Crippen LogP contribution in [0, 0.1) is 0 Å². The van der Waals surface area contributed by atoms with E-state index in [1.54, 1.807) is 7.05 Å². The summed E-state index contributed by atoms with van der Waals surface area (Å²) in [4.78, 5) is 11.1. The summed E-state index contributed by atoms with van der Waals surface area (Å²) >= 11 is 0. The first-order valence-electron chi connectivity index (χ1n) is 3.92. The summed E-state index contributed by atoms with van der Waals surface area (Å²) in [7, 11) is 1.68. The van der Waals surface area contributed by atoms with Gasteiger partial charge in [0.1, 0.15) is 0 Å². The lowest BCUT2D eigenvalue weighted by Gasteiger charge is -2.04. The van der Waals surface area contributed by atoms with Crippen LogP contribution in [0.15, 0.2) is 11.6 Å². The van der Waals surface area contributed by atoms with Crippen LogP contribution >= 0.6 is 0 Å². The smallest absolute Gasteiger partial charge is 0.260 e. The second-order valence-corrected chi connectivity index (χ2v) is 2.20. The third-order valence-electron chi connectivity index (χ3n) is 1.36. The van der Waals surface area contributed by atoms with Crippen molar-refractivity contribution in [2.75, 3.05) is 7.05 Å². The van der Waals surface area contributed by atoms with Crippen molar-refractivity contribution in [3.63, 3.8) is 0 Å². The van der Waals surface area contributed by atoms with Crippen molar-refractivity contribution in [1.29, 1.82) is 0 Å². The Balaban J connectivity index is 4.03. The molecule has 0 heterocycles. The summed E-state index contributed by atoms with van der Waals surface area (Å²) in [6.07, 6.45) is 3.62. The van der Waals surface area contributed by atoms with Crippen LogP contribution < -0.4 is 10.9 Å². The lowest BCUT2D eigenvalue weighted by atomic mass is 10.1. The molecule has 0 saturated heterocycles. The Morgan fingerprint density at radius 2 is 2.09 bits per heavy atom. The Bertz CT molecular complexity index is 152. The standard InChI is InChI=1S/C8H16N2O/c1-4-6-7(5-2)8(11)10-9-3/h6,9H,4-5H2,1-3H3,(H,10,11)/b7-6+. The molecular formula is C8H16N2O. The quantitative estimate of drug-likeness (QED) is 0.470.